The van der Waals surface area contributed by atoms with Gasteiger partial charge in [0.25, 0.3) is 0 Å². The van der Waals surface area contributed by atoms with Gasteiger partial charge in [-0.3, -0.25) is 0 Å². The third-order valence-corrected chi connectivity index (χ3v) is 9.66. The summed E-state index contributed by atoms with van der Waals surface area (Å²) in [6.07, 6.45) is 4.27. The molecule has 5 heteroatoms. The Labute approximate surface area is 151 Å². The van der Waals surface area contributed by atoms with Crippen molar-refractivity contribution in [2.75, 3.05) is 20.5 Å². The monoisotopic (exact) mass is 362 g/mol. The van der Waals surface area contributed by atoms with E-state index in [1.807, 2.05) is 0 Å². The number of aliphatic hydroxyl groups excluding tert-OH is 1. The number of hydrogen-bond acceptors (Lipinski definition) is 4. The molecule has 3 atom stereocenters. The number of ether oxygens (including phenoxy) is 2. The van der Waals surface area contributed by atoms with E-state index in [2.05, 4.69) is 47.7 Å². The molecule has 1 N–H and O–H groups in total. The molecule has 0 aromatic rings. The van der Waals surface area contributed by atoms with Crippen molar-refractivity contribution in [3.8, 4) is 0 Å². The molecule has 0 bridgehead atoms. The van der Waals surface area contributed by atoms with Crippen molar-refractivity contribution >= 4 is 8.32 Å². The van der Waals surface area contributed by atoms with Crippen molar-refractivity contribution in [3.63, 3.8) is 0 Å². The van der Waals surface area contributed by atoms with E-state index in [0.29, 0.717) is 19.1 Å². The maximum Gasteiger partial charge on any atom is 0.191 e. The van der Waals surface area contributed by atoms with E-state index in [0.717, 1.165) is 32.3 Å². The molecule has 0 saturated carbocycles. The molecule has 0 unspecified atom stereocenters. The molecule has 0 aliphatic heterocycles. The normalized spacial score (nSPS) is 16.9. The molecule has 24 heavy (non-hydrogen) atoms. The summed E-state index contributed by atoms with van der Waals surface area (Å²) < 4.78 is 16.9. The lowest BCUT2D eigenvalue weighted by Gasteiger charge is -2.36. The maximum absolute atomic E-state index is 10.4. The summed E-state index contributed by atoms with van der Waals surface area (Å²) >= 11 is 0. The summed E-state index contributed by atoms with van der Waals surface area (Å²) in [5, 5.41) is 10.6. The van der Waals surface area contributed by atoms with E-state index >= 15 is 0 Å². The van der Waals surface area contributed by atoms with E-state index in [1.54, 1.807) is 7.11 Å². The Balaban J connectivity index is 4.14. The molecule has 0 amide bonds. The molecule has 0 spiro atoms. The van der Waals surface area contributed by atoms with Gasteiger partial charge in [0.1, 0.15) is 6.79 Å². The molecule has 0 aromatic carbocycles. The lowest BCUT2D eigenvalue weighted by atomic mass is 9.96. The van der Waals surface area contributed by atoms with Crippen molar-refractivity contribution in [1.82, 2.24) is 0 Å². The first-order valence-electron chi connectivity index (χ1n) is 9.46. The van der Waals surface area contributed by atoms with E-state index in [1.165, 1.54) is 0 Å². The molecule has 146 valence electrons. The quantitative estimate of drug-likeness (QED) is 0.371. The van der Waals surface area contributed by atoms with Crippen LogP contribution in [0.15, 0.2) is 0 Å². The number of rotatable bonds is 13. The SMILES string of the molecule is CCC[C@@H](C[C@@H](O)C[C@H](C)CCO[Si](C)(C)C(C)(C)C)OCOC. The van der Waals surface area contributed by atoms with Gasteiger partial charge in [-0.1, -0.05) is 41.0 Å². The summed E-state index contributed by atoms with van der Waals surface area (Å²) in [6, 6.07) is 0. The van der Waals surface area contributed by atoms with Crippen molar-refractivity contribution in [2.24, 2.45) is 5.92 Å². The fourth-order valence-electron chi connectivity index (χ4n) is 2.47. The second-order valence-electron chi connectivity index (χ2n) is 8.61. The largest absolute Gasteiger partial charge is 0.417 e. The predicted octanol–water partition coefficient (Wildman–Crippen LogP) is 4.96. The van der Waals surface area contributed by atoms with Gasteiger partial charge in [-0.15, -0.1) is 0 Å². The summed E-state index contributed by atoms with van der Waals surface area (Å²) in [6.45, 7) is 16.8. The first kappa shape index (κ1) is 24.1. The number of hydrogen-bond donors (Lipinski definition) is 1. The minimum Gasteiger partial charge on any atom is -0.417 e. The maximum atomic E-state index is 10.4. The second kappa shape index (κ2) is 11.6. The summed E-state index contributed by atoms with van der Waals surface area (Å²) in [5.41, 5.74) is 0. The van der Waals surface area contributed by atoms with Gasteiger partial charge in [-0.25, -0.2) is 0 Å². The molecule has 0 saturated heterocycles. The zero-order valence-electron chi connectivity index (χ0n) is 17.4. The van der Waals surface area contributed by atoms with E-state index in [-0.39, 0.29) is 17.2 Å². The smallest absolute Gasteiger partial charge is 0.191 e. The minimum absolute atomic E-state index is 0.0839. The van der Waals surface area contributed by atoms with Crippen LogP contribution in [-0.4, -0.2) is 46.1 Å². The molecule has 0 heterocycles. The van der Waals surface area contributed by atoms with Crippen LogP contribution >= 0.6 is 0 Å². The Hall–Kier alpha value is 0.0569. The van der Waals surface area contributed by atoms with Gasteiger partial charge in [0.15, 0.2) is 8.32 Å². The van der Waals surface area contributed by atoms with Crippen LogP contribution in [0.1, 0.15) is 66.7 Å². The van der Waals surface area contributed by atoms with Gasteiger partial charge in [0.05, 0.1) is 12.2 Å². The van der Waals surface area contributed by atoms with Crippen LogP contribution in [0.25, 0.3) is 0 Å². The van der Waals surface area contributed by atoms with Crippen molar-refractivity contribution in [3.05, 3.63) is 0 Å². The Morgan fingerprint density at radius 2 is 1.71 bits per heavy atom. The topological polar surface area (TPSA) is 47.9 Å². The van der Waals surface area contributed by atoms with Crippen LogP contribution in [0.3, 0.4) is 0 Å². The highest BCUT2D eigenvalue weighted by molar-refractivity contribution is 6.74. The zero-order chi connectivity index (χ0) is 18.8. The van der Waals surface area contributed by atoms with Crippen molar-refractivity contribution in [1.29, 1.82) is 0 Å². The van der Waals surface area contributed by atoms with E-state index in [9.17, 15) is 5.11 Å². The average Bonchev–Trinajstić information content (AvgIpc) is 2.43. The zero-order valence-corrected chi connectivity index (χ0v) is 18.4. The van der Waals surface area contributed by atoms with Gasteiger partial charge < -0.3 is 19.0 Å². The highest BCUT2D eigenvalue weighted by Gasteiger charge is 2.36. The van der Waals surface area contributed by atoms with Gasteiger partial charge in [-0.05, 0) is 49.7 Å². The number of aliphatic hydroxyl groups is 1. The van der Waals surface area contributed by atoms with Crippen LogP contribution in [0.5, 0.6) is 0 Å². The Kier molecular flexibility index (Phi) is 11.7. The van der Waals surface area contributed by atoms with Crippen molar-refractivity contribution < 1.29 is 19.0 Å². The Morgan fingerprint density at radius 3 is 2.21 bits per heavy atom. The van der Waals surface area contributed by atoms with Crippen LogP contribution < -0.4 is 0 Å². The fraction of sp³-hybridized carbons (Fsp3) is 1.00. The molecule has 4 nitrogen and oxygen atoms in total. The molecule has 0 aliphatic carbocycles. The Bertz CT molecular complexity index is 315. The first-order valence-corrected chi connectivity index (χ1v) is 12.4. The molecular weight excluding hydrogens is 320 g/mol. The predicted molar refractivity (Wildman–Crippen MR) is 104 cm³/mol. The van der Waals surface area contributed by atoms with Gasteiger partial charge in [0.2, 0.25) is 0 Å². The average molecular weight is 363 g/mol. The van der Waals surface area contributed by atoms with Crippen molar-refractivity contribution in [2.45, 2.75) is 97.1 Å². The van der Waals surface area contributed by atoms with Crippen LogP contribution in [0.4, 0.5) is 0 Å². The van der Waals surface area contributed by atoms with Crippen LogP contribution in [0.2, 0.25) is 18.1 Å². The molecule has 0 radical (unpaired) electrons. The highest BCUT2D eigenvalue weighted by Crippen LogP contribution is 2.36. The summed E-state index contributed by atoms with van der Waals surface area (Å²) in [7, 11) is -0.0311. The standard InChI is InChI=1S/C19H42O4Si/c1-9-10-18(22-15-21-6)14-17(20)13-16(2)11-12-23-24(7,8)19(3,4)5/h16-18,20H,9-15H2,1-8H3/t16-,17+,18+/m1/s1. The lowest BCUT2D eigenvalue weighted by molar-refractivity contribution is -0.0880. The molecule has 0 aliphatic rings. The molecular formula is C19H42O4Si. The third kappa shape index (κ3) is 10.1. The molecule has 0 rings (SSSR count). The van der Waals surface area contributed by atoms with Gasteiger partial charge in [-0.2, -0.15) is 0 Å². The highest BCUT2D eigenvalue weighted by atomic mass is 28.4. The van der Waals surface area contributed by atoms with Crippen LogP contribution in [0, 0.1) is 5.92 Å². The Morgan fingerprint density at radius 1 is 1.08 bits per heavy atom. The third-order valence-electron chi connectivity index (χ3n) is 5.12. The van der Waals surface area contributed by atoms with E-state index in [4.69, 9.17) is 13.9 Å². The fourth-order valence-corrected chi connectivity index (χ4v) is 3.53. The summed E-state index contributed by atoms with van der Waals surface area (Å²) in [4.78, 5) is 0. The van der Waals surface area contributed by atoms with Crippen LogP contribution in [-0.2, 0) is 13.9 Å². The molecule has 0 fully saturated rings. The summed E-state index contributed by atoms with van der Waals surface area (Å²) in [5.74, 6) is 0.453. The first-order chi connectivity index (χ1) is 11.0. The van der Waals surface area contributed by atoms with Gasteiger partial charge >= 0.3 is 0 Å². The minimum atomic E-state index is -1.66. The second-order valence-corrected chi connectivity index (χ2v) is 13.4. The van der Waals surface area contributed by atoms with E-state index < -0.39 is 8.32 Å². The number of methoxy groups -OCH3 is 1. The van der Waals surface area contributed by atoms with Gasteiger partial charge in [0, 0.05) is 13.7 Å². The lowest BCUT2D eigenvalue weighted by Crippen LogP contribution is -2.41. The molecule has 0 aromatic heterocycles.